The van der Waals surface area contributed by atoms with Crippen LogP contribution in [0.15, 0.2) is 48.5 Å². The summed E-state index contributed by atoms with van der Waals surface area (Å²) in [6.07, 6.45) is 4.90. The Morgan fingerprint density at radius 1 is 0.900 bits per heavy atom. The lowest BCUT2D eigenvalue weighted by Crippen LogP contribution is -1.85. The fraction of sp³-hybridized carbons (Fsp3) is 0.263. The van der Waals surface area contributed by atoms with Gasteiger partial charge in [0, 0.05) is 11.1 Å². The lowest BCUT2D eigenvalue weighted by atomic mass is 10.1. The summed E-state index contributed by atoms with van der Waals surface area (Å²) >= 11 is 0. The molecule has 0 atom stereocenters. The van der Waals surface area contributed by atoms with Crippen LogP contribution in [-0.2, 0) is 6.42 Å². The predicted octanol–water partition coefficient (Wildman–Crippen LogP) is 4.96. The molecule has 0 aliphatic heterocycles. The van der Waals surface area contributed by atoms with Gasteiger partial charge in [-0.3, -0.25) is 0 Å². The molecule has 0 aliphatic rings. The van der Waals surface area contributed by atoms with Crippen molar-refractivity contribution in [1.29, 1.82) is 0 Å². The molecule has 0 nitrogen and oxygen atoms in total. The van der Waals surface area contributed by atoms with E-state index in [1.807, 2.05) is 18.2 Å². The van der Waals surface area contributed by atoms with Gasteiger partial charge in [-0.1, -0.05) is 49.8 Å². The molecule has 0 radical (unpaired) electrons. The van der Waals surface area contributed by atoms with E-state index >= 15 is 0 Å². The molecule has 1 heteroatoms. The summed E-state index contributed by atoms with van der Waals surface area (Å²) in [6, 6.07) is 14.7. The van der Waals surface area contributed by atoms with Gasteiger partial charge in [0.05, 0.1) is 0 Å². The van der Waals surface area contributed by atoms with Crippen LogP contribution >= 0.6 is 0 Å². The first-order valence-corrected chi connectivity index (χ1v) is 7.14. The third kappa shape index (κ3) is 4.55. The number of hydrogen-bond donors (Lipinski definition) is 0. The van der Waals surface area contributed by atoms with Crippen molar-refractivity contribution in [2.45, 2.75) is 32.6 Å². The van der Waals surface area contributed by atoms with Gasteiger partial charge in [0.2, 0.25) is 0 Å². The highest BCUT2D eigenvalue weighted by molar-refractivity contribution is 5.43. The van der Waals surface area contributed by atoms with E-state index in [4.69, 9.17) is 0 Å². The van der Waals surface area contributed by atoms with Crippen LogP contribution in [0.3, 0.4) is 0 Å². The third-order valence-corrected chi connectivity index (χ3v) is 3.20. The van der Waals surface area contributed by atoms with Gasteiger partial charge in [0.1, 0.15) is 5.82 Å². The Labute approximate surface area is 120 Å². The Morgan fingerprint density at radius 2 is 1.65 bits per heavy atom. The highest BCUT2D eigenvalue weighted by Crippen LogP contribution is 2.09. The van der Waals surface area contributed by atoms with E-state index < -0.39 is 0 Å². The summed E-state index contributed by atoms with van der Waals surface area (Å²) in [5, 5.41) is 0. The Balaban J connectivity index is 2.00. The van der Waals surface area contributed by atoms with Crippen molar-refractivity contribution < 1.29 is 4.39 Å². The molecule has 0 bridgehead atoms. The maximum Gasteiger partial charge on any atom is 0.124 e. The van der Waals surface area contributed by atoms with E-state index in [1.54, 1.807) is 6.07 Å². The first-order chi connectivity index (χ1) is 9.78. The summed E-state index contributed by atoms with van der Waals surface area (Å²) in [4.78, 5) is 0. The Morgan fingerprint density at radius 3 is 2.35 bits per heavy atom. The van der Waals surface area contributed by atoms with Crippen molar-refractivity contribution in [1.82, 2.24) is 0 Å². The summed E-state index contributed by atoms with van der Waals surface area (Å²) in [7, 11) is 0. The Kier molecular flexibility index (Phi) is 5.38. The van der Waals surface area contributed by atoms with E-state index in [9.17, 15) is 4.39 Å². The van der Waals surface area contributed by atoms with Crippen molar-refractivity contribution in [3.63, 3.8) is 0 Å². The minimum absolute atomic E-state index is 0.247. The third-order valence-electron chi connectivity index (χ3n) is 3.20. The molecule has 0 fully saturated rings. The van der Waals surface area contributed by atoms with Gasteiger partial charge in [0.15, 0.2) is 0 Å². The van der Waals surface area contributed by atoms with E-state index in [1.165, 1.54) is 37.0 Å². The number of unbranched alkanes of at least 4 members (excludes halogenated alkanes) is 2. The number of benzene rings is 2. The predicted molar refractivity (Wildman–Crippen MR) is 82.1 cm³/mol. The van der Waals surface area contributed by atoms with Crippen LogP contribution < -0.4 is 0 Å². The van der Waals surface area contributed by atoms with Crippen molar-refractivity contribution in [3.8, 4) is 11.8 Å². The second-order valence-electron chi connectivity index (χ2n) is 4.91. The van der Waals surface area contributed by atoms with Gasteiger partial charge in [-0.05, 0) is 48.7 Å². The number of rotatable bonds is 4. The quantitative estimate of drug-likeness (QED) is 0.542. The smallest absolute Gasteiger partial charge is 0.124 e. The van der Waals surface area contributed by atoms with E-state index in [0.29, 0.717) is 5.56 Å². The molecule has 2 aromatic carbocycles. The first kappa shape index (κ1) is 14.3. The van der Waals surface area contributed by atoms with Crippen LogP contribution in [-0.4, -0.2) is 0 Å². The Bertz CT molecular complexity index is 600. The summed E-state index contributed by atoms with van der Waals surface area (Å²) < 4.78 is 13.0. The molecule has 102 valence electrons. The first-order valence-electron chi connectivity index (χ1n) is 7.14. The van der Waals surface area contributed by atoms with Crippen molar-refractivity contribution in [3.05, 3.63) is 71.0 Å². The average molecular weight is 266 g/mol. The normalized spacial score (nSPS) is 9.90. The summed E-state index contributed by atoms with van der Waals surface area (Å²) in [5.74, 6) is 5.80. The topological polar surface area (TPSA) is 0 Å². The molecule has 0 aliphatic carbocycles. The van der Waals surface area contributed by atoms with E-state index in [2.05, 4.69) is 30.9 Å². The van der Waals surface area contributed by atoms with Crippen molar-refractivity contribution in [2.24, 2.45) is 0 Å². The fourth-order valence-electron chi connectivity index (χ4n) is 2.04. The lowest BCUT2D eigenvalue weighted by molar-refractivity contribution is 0.627. The van der Waals surface area contributed by atoms with Crippen LogP contribution in [0.1, 0.15) is 42.9 Å². The SMILES string of the molecule is CCCCCc1ccc(C#Cc2cccc(F)c2)cc1. The summed E-state index contributed by atoms with van der Waals surface area (Å²) in [6.45, 7) is 2.21. The second-order valence-corrected chi connectivity index (χ2v) is 4.91. The monoisotopic (exact) mass is 266 g/mol. The van der Waals surface area contributed by atoms with Gasteiger partial charge in [-0.2, -0.15) is 0 Å². The minimum Gasteiger partial charge on any atom is -0.207 e. The highest BCUT2D eigenvalue weighted by Gasteiger charge is 1.94. The highest BCUT2D eigenvalue weighted by atomic mass is 19.1. The number of halogens is 1. The molecule has 20 heavy (non-hydrogen) atoms. The van der Waals surface area contributed by atoms with Gasteiger partial charge >= 0.3 is 0 Å². The zero-order chi connectivity index (χ0) is 14.2. The van der Waals surface area contributed by atoms with E-state index in [0.717, 1.165) is 12.0 Å². The van der Waals surface area contributed by atoms with Gasteiger partial charge in [0.25, 0.3) is 0 Å². The molecular weight excluding hydrogens is 247 g/mol. The molecule has 2 rings (SSSR count). The standard InChI is InChI=1S/C19H19F/c1-2-3-4-6-16-9-11-17(12-10-16)13-14-18-7-5-8-19(20)15-18/h5,7-12,15H,2-4,6H2,1H3. The van der Waals surface area contributed by atoms with Crippen molar-refractivity contribution in [2.75, 3.05) is 0 Å². The number of hydrogen-bond acceptors (Lipinski definition) is 0. The van der Waals surface area contributed by atoms with Gasteiger partial charge in [-0.25, -0.2) is 4.39 Å². The zero-order valence-corrected chi connectivity index (χ0v) is 11.8. The van der Waals surface area contributed by atoms with Crippen LogP contribution in [0.5, 0.6) is 0 Å². The molecule has 0 spiro atoms. The lowest BCUT2D eigenvalue weighted by Gasteiger charge is -2.00. The average Bonchev–Trinajstić information content (AvgIpc) is 2.47. The molecule has 2 aromatic rings. The molecule has 0 saturated heterocycles. The van der Waals surface area contributed by atoms with Crippen LogP contribution in [0, 0.1) is 17.7 Å². The van der Waals surface area contributed by atoms with Crippen LogP contribution in [0.4, 0.5) is 4.39 Å². The van der Waals surface area contributed by atoms with E-state index in [-0.39, 0.29) is 5.82 Å². The number of aryl methyl sites for hydroxylation is 1. The van der Waals surface area contributed by atoms with Gasteiger partial charge in [-0.15, -0.1) is 0 Å². The van der Waals surface area contributed by atoms with Crippen LogP contribution in [0.2, 0.25) is 0 Å². The molecule has 0 N–H and O–H groups in total. The maximum absolute atomic E-state index is 13.0. The molecule has 0 unspecified atom stereocenters. The summed E-state index contributed by atoms with van der Waals surface area (Å²) in [5.41, 5.74) is 3.03. The molecule has 0 saturated carbocycles. The molecule has 0 amide bonds. The van der Waals surface area contributed by atoms with Gasteiger partial charge < -0.3 is 0 Å². The largest absolute Gasteiger partial charge is 0.207 e. The fourth-order valence-corrected chi connectivity index (χ4v) is 2.04. The molecular formula is C19H19F. The van der Waals surface area contributed by atoms with Crippen LogP contribution in [0.25, 0.3) is 0 Å². The van der Waals surface area contributed by atoms with Crippen molar-refractivity contribution >= 4 is 0 Å². The molecule has 0 aromatic heterocycles. The maximum atomic E-state index is 13.0. The minimum atomic E-state index is -0.247. The Hall–Kier alpha value is -2.07. The zero-order valence-electron chi connectivity index (χ0n) is 11.8. The second kappa shape index (κ2) is 7.50. The molecule has 0 heterocycles.